The van der Waals surface area contributed by atoms with E-state index in [1.807, 2.05) is 75.4 Å². The fraction of sp³-hybridized carbons (Fsp3) is 0.344. The molecule has 0 unspecified atom stereocenters. The van der Waals surface area contributed by atoms with Crippen LogP contribution in [-0.2, 0) is 21.2 Å². The number of amides is 1. The van der Waals surface area contributed by atoms with Gasteiger partial charge in [0.1, 0.15) is 17.4 Å². The molecule has 0 aromatic heterocycles. The maximum Gasteiger partial charge on any atom is 0.264 e. The maximum atomic E-state index is 13.5. The van der Waals surface area contributed by atoms with E-state index in [4.69, 9.17) is 15.5 Å². The van der Waals surface area contributed by atoms with Crippen molar-refractivity contribution in [3.05, 3.63) is 88.0 Å². The van der Waals surface area contributed by atoms with E-state index in [-0.39, 0.29) is 23.3 Å². The molecule has 2 aliphatic heterocycles. The van der Waals surface area contributed by atoms with Crippen molar-refractivity contribution in [1.29, 1.82) is 0 Å². The number of guanidine groups is 1. The van der Waals surface area contributed by atoms with Crippen molar-refractivity contribution in [3.8, 4) is 5.75 Å². The molecule has 9 nitrogen and oxygen atoms in total. The van der Waals surface area contributed by atoms with Crippen molar-refractivity contribution in [2.75, 3.05) is 11.9 Å². The molecule has 2 heterocycles. The molecule has 0 fully saturated rings. The standard InChI is InChI=1S/C32H37N5O4S/c1-19-20(2)29(21(3)24-18-32(4,5)41-28(19)24)42(39,40)37-31(33)34-17-11-16-26-30(38)36-25-15-10-9-14-23(25)27(35-26)22-12-7-6-8-13-22/h6-10,12-15,26H,11,16-18H2,1-5H3,(H,36,38)(H3,33,34,37)/t26-/m0/s1. The highest BCUT2D eigenvalue weighted by Crippen LogP contribution is 2.43. The van der Waals surface area contributed by atoms with Crippen LogP contribution in [0.3, 0.4) is 0 Å². The molecule has 5 rings (SSSR count). The van der Waals surface area contributed by atoms with Gasteiger partial charge in [-0.25, -0.2) is 13.1 Å². The lowest BCUT2D eigenvalue weighted by Gasteiger charge is -2.19. The van der Waals surface area contributed by atoms with E-state index in [9.17, 15) is 13.2 Å². The van der Waals surface area contributed by atoms with E-state index >= 15 is 0 Å². The molecule has 1 amide bonds. The molecule has 0 radical (unpaired) electrons. The van der Waals surface area contributed by atoms with Gasteiger partial charge in [0.25, 0.3) is 10.0 Å². The Labute approximate surface area is 247 Å². The largest absolute Gasteiger partial charge is 0.487 e. The number of hydrogen-bond acceptors (Lipinski definition) is 6. The predicted molar refractivity (Wildman–Crippen MR) is 166 cm³/mol. The van der Waals surface area contributed by atoms with E-state index < -0.39 is 21.7 Å². The molecule has 10 heteroatoms. The quantitative estimate of drug-likeness (QED) is 0.212. The third-order valence-corrected chi connectivity index (χ3v) is 9.42. The van der Waals surface area contributed by atoms with Crippen LogP contribution >= 0.6 is 0 Å². The average molecular weight is 588 g/mol. The van der Waals surface area contributed by atoms with Gasteiger partial charge in [-0.3, -0.25) is 14.8 Å². The summed E-state index contributed by atoms with van der Waals surface area (Å²) in [7, 11) is -3.99. The van der Waals surface area contributed by atoms with Crippen LogP contribution in [0.25, 0.3) is 0 Å². The fourth-order valence-electron chi connectivity index (χ4n) is 5.67. The SMILES string of the molecule is Cc1c(C)c(S(=O)(=O)NC(N)=NCCC[C@@H]2N=C(c3ccccc3)c3ccccc3NC2=O)c(C)c2c1OC(C)(C)C2. The summed E-state index contributed by atoms with van der Waals surface area (Å²) in [5.74, 6) is 0.366. The lowest BCUT2D eigenvalue weighted by Crippen LogP contribution is -2.37. The van der Waals surface area contributed by atoms with E-state index in [1.165, 1.54) is 0 Å². The van der Waals surface area contributed by atoms with Crippen LogP contribution in [-0.4, -0.2) is 44.2 Å². The van der Waals surface area contributed by atoms with Crippen molar-refractivity contribution in [3.63, 3.8) is 0 Å². The predicted octanol–water partition coefficient (Wildman–Crippen LogP) is 4.56. The highest BCUT2D eigenvalue weighted by molar-refractivity contribution is 7.90. The average Bonchev–Trinajstić information content (AvgIpc) is 3.20. The second kappa shape index (κ2) is 11.2. The minimum absolute atomic E-state index is 0.198. The molecule has 2 aliphatic rings. The van der Waals surface area contributed by atoms with Crippen LogP contribution < -0.4 is 20.5 Å². The number of benzene rings is 3. The number of fused-ring (bicyclic) bond motifs is 2. The number of ether oxygens (including phenoxy) is 1. The molecule has 220 valence electrons. The maximum absolute atomic E-state index is 13.5. The summed E-state index contributed by atoms with van der Waals surface area (Å²) < 4.78 is 35.5. The monoisotopic (exact) mass is 587 g/mol. The molecule has 1 atom stereocenters. The zero-order chi connectivity index (χ0) is 30.2. The molecule has 0 aliphatic carbocycles. The van der Waals surface area contributed by atoms with Crippen LogP contribution in [0, 0.1) is 20.8 Å². The summed E-state index contributed by atoms with van der Waals surface area (Å²) in [6, 6.07) is 16.7. The zero-order valence-electron chi connectivity index (χ0n) is 24.6. The van der Waals surface area contributed by atoms with Gasteiger partial charge in [-0.1, -0.05) is 48.5 Å². The number of para-hydroxylation sites is 1. The first-order chi connectivity index (χ1) is 19.9. The first kappa shape index (κ1) is 29.3. The number of sulfonamides is 1. The second-order valence-electron chi connectivity index (χ2n) is 11.5. The van der Waals surface area contributed by atoms with Gasteiger partial charge in [0, 0.05) is 29.7 Å². The van der Waals surface area contributed by atoms with Crippen LogP contribution in [0.1, 0.15) is 60.1 Å². The highest BCUT2D eigenvalue weighted by atomic mass is 32.2. The van der Waals surface area contributed by atoms with Gasteiger partial charge in [0.2, 0.25) is 11.9 Å². The summed E-state index contributed by atoms with van der Waals surface area (Å²) in [5, 5.41) is 2.99. The van der Waals surface area contributed by atoms with Gasteiger partial charge >= 0.3 is 0 Å². The van der Waals surface area contributed by atoms with Gasteiger partial charge < -0.3 is 15.8 Å². The van der Waals surface area contributed by atoms with Gasteiger partial charge in [-0.2, -0.15) is 0 Å². The number of nitrogens with two attached hydrogens (primary N) is 1. The van der Waals surface area contributed by atoms with Crippen LogP contribution in [0.5, 0.6) is 5.75 Å². The molecular formula is C32H37N5O4S. The van der Waals surface area contributed by atoms with E-state index in [0.29, 0.717) is 36.1 Å². The number of hydrogen-bond donors (Lipinski definition) is 3. The lowest BCUT2D eigenvalue weighted by molar-refractivity contribution is -0.117. The summed E-state index contributed by atoms with van der Waals surface area (Å²) in [6.07, 6.45) is 1.51. The molecule has 0 saturated carbocycles. The minimum atomic E-state index is -3.99. The van der Waals surface area contributed by atoms with Crippen LogP contribution in [0.15, 0.2) is 69.5 Å². The Morgan fingerprint density at radius 3 is 2.50 bits per heavy atom. The number of rotatable bonds is 7. The molecule has 3 aromatic carbocycles. The number of aliphatic imine (C=N–C) groups is 2. The Balaban J connectivity index is 1.30. The summed E-state index contributed by atoms with van der Waals surface area (Å²) in [4.78, 5) is 22.4. The van der Waals surface area contributed by atoms with E-state index in [0.717, 1.165) is 33.7 Å². The Bertz CT molecular complexity index is 1710. The highest BCUT2D eigenvalue weighted by Gasteiger charge is 2.36. The molecule has 0 spiro atoms. The number of carbonyl (C=O) groups is 1. The molecule has 0 saturated heterocycles. The number of benzodiazepines with no additional fused rings is 1. The smallest absolute Gasteiger partial charge is 0.264 e. The number of carbonyl (C=O) groups excluding carboxylic acids is 1. The Kier molecular flexibility index (Phi) is 7.85. The van der Waals surface area contributed by atoms with Crippen LogP contribution in [0.2, 0.25) is 0 Å². The lowest BCUT2D eigenvalue weighted by atomic mass is 9.94. The topological polar surface area (TPSA) is 135 Å². The zero-order valence-corrected chi connectivity index (χ0v) is 25.4. The van der Waals surface area contributed by atoms with Gasteiger partial charge in [0.05, 0.1) is 16.3 Å². The number of anilines is 1. The third kappa shape index (κ3) is 5.76. The number of nitrogens with zero attached hydrogens (tertiary/aromatic N) is 2. The van der Waals surface area contributed by atoms with E-state index in [2.05, 4.69) is 15.0 Å². The minimum Gasteiger partial charge on any atom is -0.487 e. The van der Waals surface area contributed by atoms with Crippen LogP contribution in [0.4, 0.5) is 5.69 Å². The van der Waals surface area contributed by atoms with Crippen molar-refractivity contribution >= 4 is 33.3 Å². The molecule has 42 heavy (non-hydrogen) atoms. The Morgan fingerprint density at radius 1 is 1.07 bits per heavy atom. The van der Waals surface area contributed by atoms with Crippen molar-refractivity contribution in [2.45, 2.75) is 70.4 Å². The molecular weight excluding hydrogens is 550 g/mol. The fourth-order valence-corrected chi connectivity index (χ4v) is 7.20. The van der Waals surface area contributed by atoms with Crippen molar-refractivity contribution < 1.29 is 17.9 Å². The summed E-state index contributed by atoms with van der Waals surface area (Å²) >= 11 is 0. The van der Waals surface area contributed by atoms with Gasteiger partial charge in [0.15, 0.2) is 0 Å². The normalized spacial score (nSPS) is 17.8. The third-order valence-electron chi connectivity index (χ3n) is 7.79. The molecule has 0 bridgehead atoms. The summed E-state index contributed by atoms with van der Waals surface area (Å²) in [6.45, 7) is 9.66. The van der Waals surface area contributed by atoms with Crippen molar-refractivity contribution in [2.24, 2.45) is 15.7 Å². The summed E-state index contributed by atoms with van der Waals surface area (Å²) in [5.41, 5.74) is 11.9. The first-order valence-electron chi connectivity index (χ1n) is 14.1. The second-order valence-corrected chi connectivity index (χ2v) is 13.1. The van der Waals surface area contributed by atoms with Gasteiger partial charge in [-0.05, 0) is 70.2 Å². The Hall–Kier alpha value is -4.18. The Morgan fingerprint density at radius 2 is 1.76 bits per heavy atom. The molecule has 3 aromatic rings. The van der Waals surface area contributed by atoms with Gasteiger partial charge in [-0.15, -0.1) is 0 Å². The van der Waals surface area contributed by atoms with Crippen molar-refractivity contribution in [1.82, 2.24) is 4.72 Å². The molecule has 4 N–H and O–H groups in total. The first-order valence-corrected chi connectivity index (χ1v) is 15.5. The number of nitrogens with one attached hydrogen (secondary N) is 2. The van der Waals surface area contributed by atoms with E-state index in [1.54, 1.807) is 13.8 Å².